The first-order valence-electron chi connectivity index (χ1n) is 10.9. The summed E-state index contributed by atoms with van der Waals surface area (Å²) in [5, 5.41) is 7.01. The van der Waals surface area contributed by atoms with Gasteiger partial charge in [0.1, 0.15) is 19.0 Å². The summed E-state index contributed by atoms with van der Waals surface area (Å²) < 4.78 is 17.2. The van der Waals surface area contributed by atoms with Crippen molar-refractivity contribution in [1.82, 2.24) is 10.7 Å². The Bertz CT molecular complexity index is 836. The van der Waals surface area contributed by atoms with Crippen LogP contribution in [-0.4, -0.2) is 38.1 Å². The van der Waals surface area contributed by atoms with Crippen molar-refractivity contribution in [2.24, 2.45) is 5.10 Å². The number of carbonyl (C=O) groups is 1. The van der Waals surface area contributed by atoms with E-state index in [0.717, 1.165) is 24.2 Å². The Morgan fingerprint density at radius 3 is 2.55 bits per heavy atom. The standard InChI is InChI=1S/C24H31N3O4/c1-2-29-23-17-19(18-25-27-24(28)26-20-9-5-3-6-10-20)13-14-22(23)31-16-15-30-21-11-7-4-8-12-21/h4,7-8,11-14,17-18,20H,2-3,5-6,9-10,15-16H2,1H3,(H2,26,27,28)/b25-18+. The van der Waals surface area contributed by atoms with Crippen LogP contribution in [0.4, 0.5) is 4.79 Å². The van der Waals surface area contributed by atoms with Gasteiger partial charge in [-0.3, -0.25) is 0 Å². The molecule has 0 aliphatic heterocycles. The lowest BCUT2D eigenvalue weighted by Crippen LogP contribution is -2.41. The molecular formula is C24H31N3O4. The van der Waals surface area contributed by atoms with Gasteiger partial charge in [-0.05, 0) is 55.7 Å². The Morgan fingerprint density at radius 1 is 1.00 bits per heavy atom. The van der Waals surface area contributed by atoms with Gasteiger partial charge in [0.2, 0.25) is 0 Å². The third-order valence-corrected chi connectivity index (χ3v) is 4.94. The minimum Gasteiger partial charge on any atom is -0.490 e. The Labute approximate surface area is 183 Å². The van der Waals surface area contributed by atoms with Crippen molar-refractivity contribution in [3.63, 3.8) is 0 Å². The molecule has 0 radical (unpaired) electrons. The van der Waals surface area contributed by atoms with Gasteiger partial charge in [0, 0.05) is 6.04 Å². The van der Waals surface area contributed by atoms with Crippen LogP contribution in [0, 0.1) is 0 Å². The van der Waals surface area contributed by atoms with E-state index in [2.05, 4.69) is 15.8 Å². The molecule has 0 saturated heterocycles. The average Bonchev–Trinajstić information content (AvgIpc) is 2.79. The van der Waals surface area contributed by atoms with E-state index in [-0.39, 0.29) is 12.1 Å². The van der Waals surface area contributed by atoms with E-state index in [1.807, 2.05) is 55.5 Å². The molecule has 7 nitrogen and oxygen atoms in total. The maximum Gasteiger partial charge on any atom is 0.335 e. The molecule has 2 aromatic rings. The largest absolute Gasteiger partial charge is 0.490 e. The van der Waals surface area contributed by atoms with Crippen molar-refractivity contribution in [1.29, 1.82) is 0 Å². The summed E-state index contributed by atoms with van der Waals surface area (Å²) >= 11 is 0. The summed E-state index contributed by atoms with van der Waals surface area (Å²) in [5.41, 5.74) is 3.33. The van der Waals surface area contributed by atoms with Crippen LogP contribution in [0.5, 0.6) is 17.2 Å². The maximum atomic E-state index is 12.0. The highest BCUT2D eigenvalue weighted by molar-refractivity contribution is 5.82. The number of rotatable bonds is 10. The molecule has 7 heteroatoms. The van der Waals surface area contributed by atoms with Crippen LogP contribution in [0.25, 0.3) is 0 Å². The quantitative estimate of drug-likeness (QED) is 0.333. The third-order valence-electron chi connectivity index (χ3n) is 4.94. The molecule has 0 unspecified atom stereocenters. The molecule has 3 rings (SSSR count). The second kappa shape index (κ2) is 12.5. The number of benzene rings is 2. The van der Waals surface area contributed by atoms with Crippen molar-refractivity contribution in [3.8, 4) is 17.2 Å². The number of amides is 2. The molecule has 1 aliphatic rings. The highest BCUT2D eigenvalue weighted by atomic mass is 16.5. The fraction of sp³-hybridized carbons (Fsp3) is 0.417. The summed E-state index contributed by atoms with van der Waals surface area (Å²) in [6.45, 7) is 3.25. The monoisotopic (exact) mass is 425 g/mol. The van der Waals surface area contributed by atoms with E-state index in [1.165, 1.54) is 19.3 Å². The third kappa shape index (κ3) is 7.85. The first-order valence-corrected chi connectivity index (χ1v) is 10.9. The molecule has 2 N–H and O–H groups in total. The van der Waals surface area contributed by atoms with Gasteiger partial charge >= 0.3 is 6.03 Å². The van der Waals surface area contributed by atoms with Gasteiger partial charge in [0.25, 0.3) is 0 Å². The van der Waals surface area contributed by atoms with Gasteiger partial charge in [0.05, 0.1) is 12.8 Å². The number of nitrogens with zero attached hydrogens (tertiary/aromatic N) is 1. The molecule has 0 aromatic heterocycles. The fourth-order valence-electron chi connectivity index (χ4n) is 3.45. The van der Waals surface area contributed by atoms with Crippen molar-refractivity contribution in [2.75, 3.05) is 19.8 Å². The SMILES string of the molecule is CCOc1cc(/C=N/NC(=O)NC2CCCCC2)ccc1OCCOc1ccccc1. The van der Waals surface area contributed by atoms with Crippen molar-refractivity contribution >= 4 is 12.2 Å². The van der Waals surface area contributed by atoms with Crippen LogP contribution in [0.2, 0.25) is 0 Å². The minimum absolute atomic E-state index is 0.246. The number of para-hydroxylation sites is 1. The second-order valence-corrected chi connectivity index (χ2v) is 7.33. The van der Waals surface area contributed by atoms with Gasteiger partial charge in [-0.25, -0.2) is 10.2 Å². The molecule has 2 aromatic carbocycles. The van der Waals surface area contributed by atoms with Crippen LogP contribution in [0.3, 0.4) is 0 Å². The summed E-state index contributed by atoms with van der Waals surface area (Å²) in [5.74, 6) is 2.07. The smallest absolute Gasteiger partial charge is 0.335 e. The zero-order chi connectivity index (χ0) is 21.7. The predicted molar refractivity (Wildman–Crippen MR) is 121 cm³/mol. The molecule has 0 heterocycles. The summed E-state index contributed by atoms with van der Waals surface area (Å²) in [4.78, 5) is 12.0. The maximum absolute atomic E-state index is 12.0. The molecule has 1 saturated carbocycles. The summed E-state index contributed by atoms with van der Waals surface area (Å²) in [7, 11) is 0. The van der Waals surface area contributed by atoms with Crippen molar-refractivity contribution in [2.45, 2.75) is 45.1 Å². The van der Waals surface area contributed by atoms with E-state index in [1.54, 1.807) is 6.21 Å². The van der Waals surface area contributed by atoms with Crippen LogP contribution in [-0.2, 0) is 0 Å². The van der Waals surface area contributed by atoms with Crippen molar-refractivity contribution in [3.05, 3.63) is 54.1 Å². The van der Waals surface area contributed by atoms with Crippen LogP contribution >= 0.6 is 0 Å². The topological polar surface area (TPSA) is 81.2 Å². The van der Waals surface area contributed by atoms with E-state index >= 15 is 0 Å². The number of ether oxygens (including phenoxy) is 3. The molecular weight excluding hydrogens is 394 g/mol. The minimum atomic E-state index is -0.272. The predicted octanol–water partition coefficient (Wildman–Crippen LogP) is 4.51. The zero-order valence-corrected chi connectivity index (χ0v) is 18.0. The van der Waals surface area contributed by atoms with E-state index in [4.69, 9.17) is 14.2 Å². The molecule has 166 valence electrons. The zero-order valence-electron chi connectivity index (χ0n) is 18.0. The molecule has 1 fully saturated rings. The molecule has 31 heavy (non-hydrogen) atoms. The van der Waals surface area contributed by atoms with Crippen molar-refractivity contribution < 1.29 is 19.0 Å². The van der Waals surface area contributed by atoms with Gasteiger partial charge in [-0.15, -0.1) is 0 Å². The van der Waals surface area contributed by atoms with Gasteiger partial charge < -0.3 is 19.5 Å². The van der Waals surface area contributed by atoms with Gasteiger partial charge in [-0.1, -0.05) is 37.5 Å². The van der Waals surface area contributed by atoms with Crippen LogP contribution in [0.15, 0.2) is 53.6 Å². The Balaban J connectivity index is 1.47. The number of carbonyl (C=O) groups excluding carboxylic acids is 1. The fourth-order valence-corrected chi connectivity index (χ4v) is 3.45. The number of nitrogens with one attached hydrogen (secondary N) is 2. The van der Waals surface area contributed by atoms with Gasteiger partial charge in [0.15, 0.2) is 11.5 Å². The number of hydrogen-bond acceptors (Lipinski definition) is 5. The van der Waals surface area contributed by atoms with Crippen LogP contribution in [0.1, 0.15) is 44.6 Å². The molecule has 0 spiro atoms. The lowest BCUT2D eigenvalue weighted by Gasteiger charge is -2.22. The molecule has 1 aliphatic carbocycles. The number of urea groups is 1. The van der Waals surface area contributed by atoms with E-state index in [9.17, 15) is 4.79 Å². The second-order valence-electron chi connectivity index (χ2n) is 7.33. The molecule has 2 amide bonds. The Morgan fingerprint density at radius 2 is 1.77 bits per heavy atom. The van der Waals surface area contributed by atoms with E-state index < -0.39 is 0 Å². The highest BCUT2D eigenvalue weighted by Crippen LogP contribution is 2.28. The summed E-state index contributed by atoms with van der Waals surface area (Å²) in [6, 6.07) is 15.1. The Hall–Kier alpha value is -3.22. The highest BCUT2D eigenvalue weighted by Gasteiger charge is 2.15. The number of hydrazone groups is 1. The first kappa shape index (κ1) is 22.5. The lowest BCUT2D eigenvalue weighted by molar-refractivity contribution is 0.208. The number of hydrogen-bond donors (Lipinski definition) is 2. The molecule has 0 bridgehead atoms. The lowest BCUT2D eigenvalue weighted by atomic mass is 9.96. The van der Waals surface area contributed by atoms with E-state index in [0.29, 0.717) is 31.3 Å². The normalized spacial score (nSPS) is 14.2. The Kier molecular flexibility index (Phi) is 9.04. The first-order chi connectivity index (χ1) is 15.2. The average molecular weight is 426 g/mol. The van der Waals surface area contributed by atoms with Gasteiger partial charge in [-0.2, -0.15) is 5.10 Å². The summed E-state index contributed by atoms with van der Waals surface area (Å²) in [6.07, 6.45) is 7.24. The molecule has 0 atom stereocenters. The van der Waals surface area contributed by atoms with Crippen LogP contribution < -0.4 is 25.0 Å².